The zero-order valence-corrected chi connectivity index (χ0v) is 20.2. The first-order chi connectivity index (χ1) is 13.0. The Bertz CT molecular complexity index is 549. The molecule has 0 aromatic rings. The second-order valence-corrected chi connectivity index (χ2v) is 11.6. The first-order valence-electron chi connectivity index (χ1n) is 10.8. The molecule has 0 amide bonds. The fourth-order valence-electron chi connectivity index (χ4n) is 5.30. The molecule has 0 atom stereocenters. The minimum atomic E-state index is -0.484. The Kier molecular flexibility index (Phi) is 9.42. The Morgan fingerprint density at radius 1 is 0.645 bits per heavy atom. The van der Waals surface area contributed by atoms with Crippen LogP contribution in [0.2, 0.25) is 0 Å². The molecule has 0 unspecified atom stereocenters. The lowest BCUT2D eigenvalue weighted by molar-refractivity contribution is -0.169. The monoisotopic (exact) mass is 442 g/mol. The lowest BCUT2D eigenvalue weighted by Gasteiger charge is -2.53. The van der Waals surface area contributed by atoms with Crippen molar-refractivity contribution in [3.63, 3.8) is 0 Å². The van der Waals surface area contributed by atoms with Crippen LogP contribution in [0.25, 0.3) is 0 Å². The molecule has 2 fully saturated rings. The molecule has 2 saturated heterocycles. The first kappa shape index (κ1) is 29.9. The average Bonchev–Trinajstić information content (AvgIpc) is 2.48. The van der Waals surface area contributed by atoms with Gasteiger partial charge in [-0.1, -0.05) is 14.9 Å². The summed E-state index contributed by atoms with van der Waals surface area (Å²) in [7, 11) is 4.22. The van der Waals surface area contributed by atoms with Crippen LogP contribution in [0.15, 0.2) is 0 Å². The van der Waals surface area contributed by atoms with Crippen molar-refractivity contribution < 1.29 is 19.1 Å². The number of nitrogens with zero attached hydrogens (tertiary/aromatic N) is 2. The van der Waals surface area contributed by atoms with E-state index in [0.29, 0.717) is 0 Å². The van der Waals surface area contributed by atoms with Crippen LogP contribution >= 0.6 is 0 Å². The van der Waals surface area contributed by atoms with E-state index in [1.807, 2.05) is 0 Å². The van der Waals surface area contributed by atoms with Gasteiger partial charge in [0, 0.05) is 47.8 Å². The normalized spacial score (nSPS) is 25.6. The minimum absolute atomic E-state index is 0. The molecule has 0 aliphatic carbocycles. The van der Waals surface area contributed by atoms with E-state index in [4.69, 9.17) is 9.47 Å². The SMILES string of the molecule is C.C.CN1C(C)(C)CC(OC(=O)CC(=O)OC2CC(C)(C)N(C)C(C)(C)C2)CC1(C)C. The van der Waals surface area contributed by atoms with Crippen molar-refractivity contribution in [3.05, 3.63) is 0 Å². The van der Waals surface area contributed by atoms with E-state index in [2.05, 4.69) is 79.3 Å². The molecule has 2 rings (SSSR count). The molecular weight excluding hydrogens is 392 g/mol. The van der Waals surface area contributed by atoms with E-state index >= 15 is 0 Å². The zero-order chi connectivity index (χ0) is 22.4. The molecule has 31 heavy (non-hydrogen) atoms. The second kappa shape index (κ2) is 9.78. The molecule has 0 saturated carbocycles. The van der Waals surface area contributed by atoms with Crippen molar-refractivity contribution in [2.75, 3.05) is 14.1 Å². The molecule has 0 aromatic heterocycles. The highest BCUT2D eigenvalue weighted by Gasteiger charge is 2.46. The summed E-state index contributed by atoms with van der Waals surface area (Å²) in [6, 6.07) is 0. The predicted octanol–water partition coefficient (Wildman–Crippen LogP) is 5.04. The van der Waals surface area contributed by atoms with Crippen LogP contribution < -0.4 is 0 Å². The van der Waals surface area contributed by atoms with E-state index < -0.39 is 11.9 Å². The molecule has 184 valence electrons. The van der Waals surface area contributed by atoms with Crippen molar-refractivity contribution in [3.8, 4) is 0 Å². The summed E-state index contributed by atoms with van der Waals surface area (Å²) in [4.78, 5) is 29.5. The van der Waals surface area contributed by atoms with Crippen molar-refractivity contribution in [1.29, 1.82) is 0 Å². The van der Waals surface area contributed by atoms with Gasteiger partial charge in [0.2, 0.25) is 0 Å². The van der Waals surface area contributed by atoms with Crippen molar-refractivity contribution in [1.82, 2.24) is 9.80 Å². The zero-order valence-electron chi connectivity index (χ0n) is 20.2. The summed E-state index contributed by atoms with van der Waals surface area (Å²) in [6.45, 7) is 17.3. The van der Waals surface area contributed by atoms with Crippen LogP contribution in [0.1, 0.15) is 102 Å². The number of ether oxygens (including phenoxy) is 2. The van der Waals surface area contributed by atoms with Crippen molar-refractivity contribution in [2.24, 2.45) is 0 Å². The van der Waals surface area contributed by atoms with Gasteiger partial charge in [0.1, 0.15) is 18.6 Å². The van der Waals surface area contributed by atoms with Gasteiger partial charge in [0.15, 0.2) is 0 Å². The number of likely N-dealkylation sites (tertiary alicyclic amines) is 2. The second-order valence-electron chi connectivity index (χ2n) is 11.6. The van der Waals surface area contributed by atoms with Gasteiger partial charge < -0.3 is 9.47 Å². The summed E-state index contributed by atoms with van der Waals surface area (Å²) in [5.74, 6) is -0.967. The summed E-state index contributed by atoms with van der Waals surface area (Å²) >= 11 is 0. The highest BCUT2D eigenvalue weighted by Crippen LogP contribution is 2.39. The predicted molar refractivity (Wildman–Crippen MR) is 128 cm³/mol. The van der Waals surface area contributed by atoms with Crippen LogP contribution in [0.4, 0.5) is 0 Å². The molecule has 0 spiro atoms. The number of carbonyl (C=O) groups excluding carboxylic acids is 2. The average molecular weight is 443 g/mol. The number of carbonyl (C=O) groups is 2. The largest absolute Gasteiger partial charge is 0.462 e. The summed E-state index contributed by atoms with van der Waals surface area (Å²) in [6.07, 6.45) is 2.34. The molecule has 0 radical (unpaired) electrons. The van der Waals surface area contributed by atoms with Gasteiger partial charge in [-0.15, -0.1) is 0 Å². The summed E-state index contributed by atoms with van der Waals surface area (Å²) < 4.78 is 11.4. The molecule has 0 aromatic carbocycles. The molecule has 6 heteroatoms. The van der Waals surface area contributed by atoms with E-state index in [1.54, 1.807) is 0 Å². The van der Waals surface area contributed by atoms with Crippen LogP contribution in [0.3, 0.4) is 0 Å². The van der Waals surface area contributed by atoms with E-state index in [0.717, 1.165) is 25.7 Å². The quantitative estimate of drug-likeness (QED) is 0.449. The van der Waals surface area contributed by atoms with Gasteiger partial charge in [0.25, 0.3) is 0 Å². The Labute approximate surface area is 192 Å². The van der Waals surface area contributed by atoms with Crippen molar-refractivity contribution in [2.45, 2.75) is 137 Å². The molecular formula is C25H50N2O4. The standard InChI is InChI=1S/C23H42N2O4.2CH4/c1-20(2)12-16(13-21(3,4)24(20)9)28-18(26)11-19(27)29-17-14-22(5,6)25(10)23(7,8)15-17;;/h16-17H,11-15H2,1-10H3;2*1H4. The maximum absolute atomic E-state index is 12.4. The molecule has 2 aliphatic heterocycles. The van der Waals surface area contributed by atoms with Crippen LogP contribution in [-0.4, -0.2) is 70.2 Å². The lowest BCUT2D eigenvalue weighted by atomic mass is 9.78. The first-order valence-corrected chi connectivity index (χ1v) is 10.8. The van der Waals surface area contributed by atoms with Crippen molar-refractivity contribution >= 4 is 11.9 Å². The number of hydrogen-bond acceptors (Lipinski definition) is 6. The summed E-state index contributed by atoms with van der Waals surface area (Å²) in [5, 5.41) is 0. The maximum atomic E-state index is 12.4. The molecule has 6 nitrogen and oxygen atoms in total. The van der Waals surface area contributed by atoms with Gasteiger partial charge in [-0.05, 0) is 69.5 Å². The van der Waals surface area contributed by atoms with Crippen LogP contribution in [-0.2, 0) is 19.1 Å². The maximum Gasteiger partial charge on any atom is 0.317 e. The third-order valence-corrected chi connectivity index (χ3v) is 7.43. The van der Waals surface area contributed by atoms with Gasteiger partial charge in [-0.3, -0.25) is 19.4 Å². The van der Waals surface area contributed by atoms with Gasteiger partial charge in [-0.2, -0.15) is 0 Å². The Morgan fingerprint density at radius 2 is 0.871 bits per heavy atom. The van der Waals surface area contributed by atoms with E-state index in [9.17, 15) is 9.59 Å². The minimum Gasteiger partial charge on any atom is -0.462 e. The Hall–Kier alpha value is -1.14. The number of rotatable bonds is 4. The smallest absolute Gasteiger partial charge is 0.317 e. The molecule has 0 N–H and O–H groups in total. The number of hydrogen-bond donors (Lipinski definition) is 0. The third-order valence-electron chi connectivity index (χ3n) is 7.43. The van der Waals surface area contributed by atoms with E-state index in [1.165, 1.54) is 0 Å². The van der Waals surface area contributed by atoms with E-state index in [-0.39, 0.29) is 55.6 Å². The van der Waals surface area contributed by atoms with Gasteiger partial charge >= 0.3 is 11.9 Å². The molecule has 2 heterocycles. The lowest BCUT2D eigenvalue weighted by Crippen LogP contribution is -2.60. The Balaban J connectivity index is 0.00000450. The number of piperidine rings is 2. The van der Waals surface area contributed by atoms with Crippen LogP contribution in [0, 0.1) is 0 Å². The fourth-order valence-corrected chi connectivity index (χ4v) is 5.30. The number of esters is 2. The van der Waals surface area contributed by atoms with Gasteiger partial charge in [-0.25, -0.2) is 0 Å². The molecule has 0 bridgehead atoms. The topological polar surface area (TPSA) is 59.1 Å². The summed E-state index contributed by atoms with van der Waals surface area (Å²) in [5.41, 5.74) is -0.284. The Morgan fingerprint density at radius 3 is 1.10 bits per heavy atom. The third kappa shape index (κ3) is 6.92. The highest BCUT2D eigenvalue weighted by molar-refractivity contribution is 5.91. The van der Waals surface area contributed by atoms with Gasteiger partial charge in [0.05, 0.1) is 0 Å². The highest BCUT2D eigenvalue weighted by atomic mass is 16.6. The van der Waals surface area contributed by atoms with Crippen LogP contribution in [0.5, 0.6) is 0 Å². The fraction of sp³-hybridized carbons (Fsp3) is 0.920. The molecule has 2 aliphatic rings.